The zero-order valence-electron chi connectivity index (χ0n) is 14.7. The van der Waals surface area contributed by atoms with Gasteiger partial charge in [-0.2, -0.15) is 0 Å². The van der Waals surface area contributed by atoms with Crippen molar-refractivity contribution in [3.63, 3.8) is 0 Å². The van der Waals surface area contributed by atoms with Gasteiger partial charge in [-0.05, 0) is 42.8 Å². The Hall–Kier alpha value is -2.17. The second-order valence-electron chi connectivity index (χ2n) is 6.40. The van der Waals surface area contributed by atoms with Gasteiger partial charge in [0.05, 0.1) is 29.2 Å². The number of nitrogens with zero attached hydrogens (tertiary/aromatic N) is 1. The number of amides is 1. The Morgan fingerprint density at radius 1 is 1.26 bits per heavy atom. The van der Waals surface area contributed by atoms with Crippen LogP contribution in [0.5, 0.6) is 0 Å². The lowest BCUT2D eigenvalue weighted by molar-refractivity contribution is 0.0747. The molecule has 0 spiro atoms. The highest BCUT2D eigenvalue weighted by molar-refractivity contribution is 7.91. The first-order valence-corrected chi connectivity index (χ1v) is 11.6. The summed E-state index contributed by atoms with van der Waals surface area (Å²) in [6.45, 7) is 0.0227. The number of sulfone groups is 1. The summed E-state index contributed by atoms with van der Waals surface area (Å²) in [4.78, 5) is 14.0. The molecule has 1 aromatic carbocycles. The molecule has 1 amide bonds. The van der Waals surface area contributed by atoms with Crippen LogP contribution in [0.3, 0.4) is 0 Å². The van der Waals surface area contributed by atoms with Gasteiger partial charge in [0.15, 0.2) is 9.84 Å². The monoisotopic (exact) mass is 412 g/mol. The molecule has 0 radical (unpaired) electrons. The van der Waals surface area contributed by atoms with E-state index in [1.807, 2.05) is 0 Å². The molecule has 2 aromatic rings. The summed E-state index contributed by atoms with van der Waals surface area (Å²) in [6.07, 6.45) is 1.86. The number of sulfonamides is 1. The highest BCUT2D eigenvalue weighted by Gasteiger charge is 2.33. The molecule has 0 bridgehead atoms. The standard InChI is InChI=1S/C17H20N2O6S2/c1-19(14-8-10-26(21,22)12-14)17(20)13-4-6-16(7-5-13)27(23,24)18-11-15-3-2-9-25-15/h2-7,9,14,18H,8,10-12H2,1H3. The van der Waals surface area contributed by atoms with E-state index in [9.17, 15) is 21.6 Å². The predicted molar refractivity (Wildman–Crippen MR) is 98.3 cm³/mol. The van der Waals surface area contributed by atoms with Gasteiger partial charge in [0.2, 0.25) is 10.0 Å². The van der Waals surface area contributed by atoms with E-state index in [0.29, 0.717) is 17.7 Å². The molecule has 1 N–H and O–H groups in total. The van der Waals surface area contributed by atoms with Gasteiger partial charge < -0.3 is 9.32 Å². The lowest BCUT2D eigenvalue weighted by Gasteiger charge is -2.23. The Bertz CT molecular complexity index is 1010. The Morgan fingerprint density at radius 2 is 1.96 bits per heavy atom. The third-order valence-corrected chi connectivity index (χ3v) is 7.67. The third kappa shape index (κ3) is 4.57. The first-order chi connectivity index (χ1) is 12.7. The fourth-order valence-corrected chi connectivity index (χ4v) is 5.66. The van der Waals surface area contributed by atoms with Crippen LogP contribution < -0.4 is 4.72 Å². The fourth-order valence-electron chi connectivity index (χ4n) is 2.89. The van der Waals surface area contributed by atoms with Gasteiger partial charge in [-0.3, -0.25) is 4.79 Å². The zero-order valence-corrected chi connectivity index (χ0v) is 16.3. The number of nitrogens with one attached hydrogen (secondary N) is 1. The van der Waals surface area contributed by atoms with E-state index in [0.717, 1.165) is 0 Å². The molecule has 10 heteroatoms. The maximum atomic E-state index is 12.5. The smallest absolute Gasteiger partial charge is 0.253 e. The Balaban J connectivity index is 1.68. The average Bonchev–Trinajstić information content (AvgIpc) is 3.28. The lowest BCUT2D eigenvalue weighted by atomic mass is 10.1. The van der Waals surface area contributed by atoms with Crippen LogP contribution in [0.25, 0.3) is 0 Å². The minimum Gasteiger partial charge on any atom is -0.468 e. The van der Waals surface area contributed by atoms with Gasteiger partial charge in [0.25, 0.3) is 5.91 Å². The van der Waals surface area contributed by atoms with Crippen LogP contribution in [0.1, 0.15) is 22.5 Å². The number of carbonyl (C=O) groups is 1. The third-order valence-electron chi connectivity index (χ3n) is 4.50. The maximum Gasteiger partial charge on any atom is 0.253 e. The molecular weight excluding hydrogens is 392 g/mol. The van der Waals surface area contributed by atoms with Gasteiger partial charge in [-0.15, -0.1) is 0 Å². The molecule has 2 heterocycles. The molecule has 0 saturated carbocycles. The van der Waals surface area contributed by atoms with Crippen LogP contribution in [-0.4, -0.2) is 52.2 Å². The van der Waals surface area contributed by atoms with Crippen LogP contribution in [0.15, 0.2) is 52.0 Å². The highest BCUT2D eigenvalue weighted by Crippen LogP contribution is 2.19. The second kappa shape index (κ2) is 7.45. The lowest BCUT2D eigenvalue weighted by Crippen LogP contribution is -2.37. The van der Waals surface area contributed by atoms with Crippen molar-refractivity contribution < 1.29 is 26.0 Å². The summed E-state index contributed by atoms with van der Waals surface area (Å²) in [5, 5.41) is 0. The van der Waals surface area contributed by atoms with Crippen LogP contribution in [0.4, 0.5) is 0 Å². The van der Waals surface area contributed by atoms with Crippen LogP contribution in [-0.2, 0) is 26.4 Å². The molecule has 8 nitrogen and oxygen atoms in total. The number of furan rings is 1. The summed E-state index contributed by atoms with van der Waals surface area (Å²) in [5.41, 5.74) is 0.298. The normalized spacial score (nSPS) is 19.1. The summed E-state index contributed by atoms with van der Waals surface area (Å²) in [6, 6.07) is 8.49. The van der Waals surface area contributed by atoms with Crippen LogP contribution in [0.2, 0.25) is 0 Å². The maximum absolute atomic E-state index is 12.5. The van der Waals surface area contributed by atoms with E-state index < -0.39 is 19.9 Å². The molecular formula is C17H20N2O6S2. The Kier molecular flexibility index (Phi) is 5.41. The first kappa shape index (κ1) is 19.6. The van der Waals surface area contributed by atoms with Gasteiger partial charge >= 0.3 is 0 Å². The van der Waals surface area contributed by atoms with Gasteiger partial charge in [0, 0.05) is 18.7 Å². The summed E-state index contributed by atoms with van der Waals surface area (Å²) in [5.74, 6) is 0.176. The van der Waals surface area contributed by atoms with Crippen molar-refractivity contribution in [1.29, 1.82) is 0 Å². The predicted octanol–water partition coefficient (Wildman–Crippen LogP) is 1.02. The molecule has 1 aromatic heterocycles. The van der Waals surface area contributed by atoms with Gasteiger partial charge in [-0.1, -0.05) is 0 Å². The van der Waals surface area contributed by atoms with Gasteiger partial charge in [-0.25, -0.2) is 21.6 Å². The molecule has 1 unspecified atom stereocenters. The topological polar surface area (TPSA) is 114 Å². The van der Waals surface area contributed by atoms with E-state index in [-0.39, 0.29) is 34.9 Å². The molecule has 27 heavy (non-hydrogen) atoms. The molecule has 1 aliphatic rings. The van der Waals surface area contributed by atoms with Crippen molar-refractivity contribution in [3.05, 3.63) is 54.0 Å². The van der Waals surface area contributed by atoms with E-state index >= 15 is 0 Å². The molecule has 146 valence electrons. The zero-order chi connectivity index (χ0) is 19.7. The molecule has 1 atom stereocenters. The molecule has 1 fully saturated rings. The van der Waals surface area contributed by atoms with E-state index in [1.165, 1.54) is 35.4 Å². The van der Waals surface area contributed by atoms with E-state index in [2.05, 4.69) is 4.72 Å². The SMILES string of the molecule is CN(C(=O)c1ccc(S(=O)(=O)NCc2ccco2)cc1)C1CCS(=O)(=O)C1. The van der Waals surface area contributed by atoms with Crippen LogP contribution in [0, 0.1) is 0 Å². The molecule has 3 rings (SSSR count). The van der Waals surface area contributed by atoms with Crippen LogP contribution >= 0.6 is 0 Å². The van der Waals surface area contributed by atoms with Crippen molar-refractivity contribution in [2.45, 2.75) is 23.9 Å². The fraction of sp³-hybridized carbons (Fsp3) is 0.353. The Morgan fingerprint density at radius 3 is 2.52 bits per heavy atom. The van der Waals surface area contributed by atoms with Crippen molar-refractivity contribution >= 4 is 25.8 Å². The quantitative estimate of drug-likeness (QED) is 0.758. The number of carbonyl (C=O) groups excluding carboxylic acids is 1. The van der Waals surface area contributed by atoms with E-state index in [4.69, 9.17) is 4.42 Å². The molecule has 1 aliphatic heterocycles. The van der Waals surface area contributed by atoms with Crippen molar-refractivity contribution in [1.82, 2.24) is 9.62 Å². The number of benzene rings is 1. The van der Waals surface area contributed by atoms with Gasteiger partial charge in [0.1, 0.15) is 5.76 Å². The molecule has 1 saturated heterocycles. The average molecular weight is 412 g/mol. The summed E-state index contributed by atoms with van der Waals surface area (Å²) < 4.78 is 55.3. The highest BCUT2D eigenvalue weighted by atomic mass is 32.2. The molecule has 0 aliphatic carbocycles. The number of hydrogen-bond acceptors (Lipinski definition) is 6. The largest absolute Gasteiger partial charge is 0.468 e. The van der Waals surface area contributed by atoms with E-state index in [1.54, 1.807) is 19.2 Å². The second-order valence-corrected chi connectivity index (χ2v) is 10.4. The minimum absolute atomic E-state index is 0.0227. The summed E-state index contributed by atoms with van der Waals surface area (Å²) in [7, 11) is -5.28. The van der Waals surface area contributed by atoms with Crippen molar-refractivity contribution in [2.24, 2.45) is 0 Å². The van der Waals surface area contributed by atoms with Crippen molar-refractivity contribution in [3.8, 4) is 0 Å². The Labute approximate surface area is 158 Å². The number of hydrogen-bond donors (Lipinski definition) is 1. The van der Waals surface area contributed by atoms with Crippen molar-refractivity contribution in [2.75, 3.05) is 18.6 Å². The summed E-state index contributed by atoms with van der Waals surface area (Å²) >= 11 is 0. The first-order valence-electron chi connectivity index (χ1n) is 8.28. The number of rotatable bonds is 6. The minimum atomic E-state index is -3.74.